The van der Waals surface area contributed by atoms with Gasteiger partial charge in [0.05, 0.1) is 11.0 Å². The van der Waals surface area contributed by atoms with Crippen LogP contribution < -0.4 is 0 Å². The number of aliphatic hydroxyl groups excluding tert-OH is 1. The third kappa shape index (κ3) is 3.00. The zero-order valence-corrected chi connectivity index (χ0v) is 9.11. The molecule has 0 radical (unpaired) electrons. The molecule has 0 saturated heterocycles. The highest BCUT2D eigenvalue weighted by molar-refractivity contribution is 7.91. The largest absolute Gasteiger partial charge is 0.393 e. The van der Waals surface area contributed by atoms with Crippen LogP contribution in [-0.2, 0) is 9.84 Å². The summed E-state index contributed by atoms with van der Waals surface area (Å²) in [5, 5.41) is 8.93. The predicted molar refractivity (Wildman–Crippen MR) is 54.8 cm³/mol. The second-order valence-electron chi connectivity index (χ2n) is 3.35. The van der Waals surface area contributed by atoms with E-state index in [0.717, 1.165) is 0 Å². The van der Waals surface area contributed by atoms with Gasteiger partial charge in [-0.3, -0.25) is 0 Å². The van der Waals surface area contributed by atoms with Crippen molar-refractivity contribution in [2.45, 2.75) is 29.8 Å². The Morgan fingerprint density at radius 1 is 1.33 bits per heavy atom. The third-order valence-corrected chi connectivity index (χ3v) is 3.73. The molecule has 0 aliphatic heterocycles. The maximum absolute atomic E-state index is 13.4. The van der Waals surface area contributed by atoms with Crippen molar-refractivity contribution in [3.63, 3.8) is 0 Å². The molecule has 3 nitrogen and oxygen atoms in total. The SMILES string of the molecule is CC(O)CC(F)S(=O)(=O)c1ccccc1. The molecule has 0 saturated carbocycles. The monoisotopic (exact) mass is 232 g/mol. The molecule has 0 amide bonds. The lowest BCUT2D eigenvalue weighted by Crippen LogP contribution is -2.21. The van der Waals surface area contributed by atoms with E-state index in [9.17, 15) is 12.8 Å². The molecule has 1 rings (SSSR count). The maximum atomic E-state index is 13.4. The Labute approximate surface area is 88.5 Å². The van der Waals surface area contributed by atoms with E-state index in [1.807, 2.05) is 0 Å². The zero-order chi connectivity index (χ0) is 11.5. The van der Waals surface area contributed by atoms with Crippen LogP contribution in [0.15, 0.2) is 35.2 Å². The Bertz CT molecular complexity index is 400. The van der Waals surface area contributed by atoms with Crippen molar-refractivity contribution >= 4 is 9.84 Å². The molecule has 0 bridgehead atoms. The molecule has 84 valence electrons. The lowest BCUT2D eigenvalue weighted by Gasteiger charge is -2.11. The minimum atomic E-state index is -3.96. The fourth-order valence-corrected chi connectivity index (χ4v) is 2.52. The second kappa shape index (κ2) is 4.72. The van der Waals surface area contributed by atoms with Gasteiger partial charge in [0.1, 0.15) is 0 Å². The quantitative estimate of drug-likeness (QED) is 0.856. The molecule has 1 aromatic rings. The molecule has 0 fully saturated rings. The first-order valence-electron chi connectivity index (χ1n) is 4.55. The smallest absolute Gasteiger partial charge is 0.210 e. The van der Waals surface area contributed by atoms with Crippen LogP contribution in [0.4, 0.5) is 4.39 Å². The van der Waals surface area contributed by atoms with Crippen LogP contribution in [0.2, 0.25) is 0 Å². The van der Waals surface area contributed by atoms with Crippen LogP contribution in [0.1, 0.15) is 13.3 Å². The number of aliphatic hydroxyl groups is 1. The van der Waals surface area contributed by atoms with Crippen molar-refractivity contribution in [1.82, 2.24) is 0 Å². The van der Waals surface area contributed by atoms with Crippen LogP contribution in [0, 0.1) is 0 Å². The van der Waals surface area contributed by atoms with Gasteiger partial charge in [-0.05, 0) is 19.1 Å². The highest BCUT2D eigenvalue weighted by Gasteiger charge is 2.27. The van der Waals surface area contributed by atoms with Gasteiger partial charge in [-0.25, -0.2) is 12.8 Å². The van der Waals surface area contributed by atoms with E-state index in [0.29, 0.717) is 0 Å². The fraction of sp³-hybridized carbons (Fsp3) is 0.400. The molecule has 1 aromatic carbocycles. The van der Waals surface area contributed by atoms with Crippen LogP contribution in [0.5, 0.6) is 0 Å². The van der Waals surface area contributed by atoms with Crippen molar-refractivity contribution in [2.75, 3.05) is 0 Å². The lowest BCUT2D eigenvalue weighted by molar-refractivity contribution is 0.163. The first kappa shape index (κ1) is 12.1. The molecule has 0 spiro atoms. The van der Waals surface area contributed by atoms with Gasteiger partial charge in [-0.2, -0.15) is 0 Å². The third-order valence-electron chi connectivity index (χ3n) is 1.93. The minimum absolute atomic E-state index is 0.0573. The molecule has 0 heterocycles. The summed E-state index contributed by atoms with van der Waals surface area (Å²) in [5.41, 5.74) is -2.06. The minimum Gasteiger partial charge on any atom is -0.393 e. The van der Waals surface area contributed by atoms with Gasteiger partial charge in [0, 0.05) is 6.42 Å². The molecule has 5 heteroatoms. The molecule has 15 heavy (non-hydrogen) atoms. The molecular formula is C10H13FO3S. The normalized spacial score (nSPS) is 15.9. The standard InChI is InChI=1S/C10H13FO3S/c1-8(12)7-10(11)15(13,14)9-5-3-2-4-6-9/h2-6,8,10,12H,7H2,1H3. The van der Waals surface area contributed by atoms with E-state index >= 15 is 0 Å². The number of alkyl halides is 1. The molecular weight excluding hydrogens is 219 g/mol. The summed E-state index contributed by atoms with van der Waals surface area (Å²) < 4.78 is 36.5. The van der Waals surface area contributed by atoms with Gasteiger partial charge in [0.2, 0.25) is 15.3 Å². The molecule has 0 aliphatic carbocycles. The van der Waals surface area contributed by atoms with E-state index in [1.165, 1.54) is 31.2 Å². The van der Waals surface area contributed by atoms with Crippen molar-refractivity contribution < 1.29 is 17.9 Å². The van der Waals surface area contributed by atoms with Crippen LogP contribution in [0.3, 0.4) is 0 Å². The van der Waals surface area contributed by atoms with Crippen molar-refractivity contribution in [3.8, 4) is 0 Å². The highest BCUT2D eigenvalue weighted by Crippen LogP contribution is 2.19. The van der Waals surface area contributed by atoms with Crippen molar-refractivity contribution in [3.05, 3.63) is 30.3 Å². The van der Waals surface area contributed by atoms with E-state index in [4.69, 9.17) is 5.11 Å². The number of halogens is 1. The predicted octanol–water partition coefficient (Wildman–Crippen LogP) is 1.53. The van der Waals surface area contributed by atoms with Crippen LogP contribution in [0.25, 0.3) is 0 Å². The summed E-state index contributed by atoms with van der Waals surface area (Å²) in [4.78, 5) is -0.0573. The van der Waals surface area contributed by atoms with E-state index < -0.39 is 27.9 Å². The van der Waals surface area contributed by atoms with Gasteiger partial charge in [0.25, 0.3) is 0 Å². The summed E-state index contributed by atoms with van der Waals surface area (Å²) in [5.74, 6) is 0. The van der Waals surface area contributed by atoms with Crippen LogP contribution >= 0.6 is 0 Å². The lowest BCUT2D eigenvalue weighted by atomic mass is 10.3. The number of hydrogen-bond donors (Lipinski definition) is 1. The Hall–Kier alpha value is -0.940. The molecule has 0 aromatic heterocycles. The van der Waals surface area contributed by atoms with Crippen LogP contribution in [-0.4, -0.2) is 25.1 Å². The number of rotatable bonds is 4. The van der Waals surface area contributed by atoms with E-state index in [-0.39, 0.29) is 4.90 Å². The number of sulfone groups is 1. The first-order valence-corrected chi connectivity index (χ1v) is 6.10. The molecule has 0 aliphatic rings. The maximum Gasteiger partial charge on any atom is 0.210 e. The van der Waals surface area contributed by atoms with Gasteiger partial charge in [-0.15, -0.1) is 0 Å². The number of benzene rings is 1. The summed E-state index contributed by atoms with van der Waals surface area (Å²) in [7, 11) is -3.96. The molecule has 2 atom stereocenters. The topological polar surface area (TPSA) is 54.4 Å². The van der Waals surface area contributed by atoms with Gasteiger partial charge in [-0.1, -0.05) is 18.2 Å². The van der Waals surface area contributed by atoms with Gasteiger partial charge >= 0.3 is 0 Å². The van der Waals surface area contributed by atoms with E-state index in [2.05, 4.69) is 0 Å². The Morgan fingerprint density at radius 2 is 1.87 bits per heavy atom. The average molecular weight is 232 g/mol. The second-order valence-corrected chi connectivity index (χ2v) is 5.43. The van der Waals surface area contributed by atoms with Crippen molar-refractivity contribution in [2.24, 2.45) is 0 Å². The summed E-state index contributed by atoms with van der Waals surface area (Å²) >= 11 is 0. The highest BCUT2D eigenvalue weighted by atomic mass is 32.2. The summed E-state index contributed by atoms with van der Waals surface area (Å²) in [6, 6.07) is 7.39. The van der Waals surface area contributed by atoms with E-state index in [1.54, 1.807) is 6.07 Å². The summed E-state index contributed by atoms with van der Waals surface area (Å²) in [6.45, 7) is 1.35. The Morgan fingerprint density at radius 3 is 2.33 bits per heavy atom. The van der Waals surface area contributed by atoms with Crippen molar-refractivity contribution in [1.29, 1.82) is 0 Å². The fourth-order valence-electron chi connectivity index (χ4n) is 1.15. The summed E-state index contributed by atoms with van der Waals surface area (Å²) in [6.07, 6.45) is -1.38. The van der Waals surface area contributed by atoms with Gasteiger partial charge in [0.15, 0.2) is 0 Å². The zero-order valence-electron chi connectivity index (χ0n) is 8.30. The number of hydrogen-bond acceptors (Lipinski definition) is 3. The average Bonchev–Trinajstić information content (AvgIpc) is 2.18. The Kier molecular flexibility index (Phi) is 3.82. The Balaban J connectivity index is 2.94. The molecule has 2 unspecified atom stereocenters. The van der Waals surface area contributed by atoms with Gasteiger partial charge < -0.3 is 5.11 Å². The molecule has 1 N–H and O–H groups in total. The first-order chi connectivity index (χ1) is 6.94.